The third kappa shape index (κ3) is 6.05. The van der Waals surface area contributed by atoms with E-state index in [1.54, 1.807) is 6.07 Å². The minimum Gasteiger partial charge on any atom is -0.475 e. The molecular formula is C13H19NO5. The van der Waals surface area contributed by atoms with Crippen molar-refractivity contribution in [2.75, 3.05) is 6.54 Å². The zero-order valence-electron chi connectivity index (χ0n) is 11.4. The zero-order valence-corrected chi connectivity index (χ0v) is 11.4. The molecule has 0 atom stereocenters. The first-order chi connectivity index (χ1) is 8.78. The lowest BCUT2D eigenvalue weighted by molar-refractivity contribution is -0.154. The van der Waals surface area contributed by atoms with Crippen LogP contribution in [0.2, 0.25) is 0 Å². The lowest BCUT2D eigenvalue weighted by Gasteiger charge is -2.19. The van der Waals surface area contributed by atoms with Crippen molar-refractivity contribution in [3.63, 3.8) is 0 Å². The van der Waals surface area contributed by atoms with Crippen LogP contribution in [0, 0.1) is 0 Å². The number of rotatable bonds is 6. The smallest absolute Gasteiger partial charge is 0.371 e. The summed E-state index contributed by atoms with van der Waals surface area (Å²) < 4.78 is 10.2. The standard InChI is InChI=1S/C13H19NO5/c1-13(2,3)19-11(15)6-7-14-8-9-4-5-10(18-9)12(16)17/h4-5,14H,6-8H2,1-3H3,(H,16,17). The molecule has 1 heterocycles. The zero-order chi connectivity index (χ0) is 14.5. The van der Waals surface area contributed by atoms with Gasteiger partial charge < -0.3 is 19.6 Å². The topological polar surface area (TPSA) is 88.8 Å². The fourth-order valence-electron chi connectivity index (χ4n) is 1.38. The highest BCUT2D eigenvalue weighted by atomic mass is 16.6. The van der Waals surface area contributed by atoms with Crippen LogP contribution in [0.3, 0.4) is 0 Å². The van der Waals surface area contributed by atoms with Crippen molar-refractivity contribution in [2.24, 2.45) is 0 Å². The van der Waals surface area contributed by atoms with E-state index in [0.29, 0.717) is 18.8 Å². The number of carboxylic acids is 1. The predicted molar refractivity (Wildman–Crippen MR) is 67.8 cm³/mol. The predicted octanol–water partition coefficient (Wildman–Crippen LogP) is 1.80. The van der Waals surface area contributed by atoms with Crippen LogP contribution in [0.25, 0.3) is 0 Å². The largest absolute Gasteiger partial charge is 0.475 e. The van der Waals surface area contributed by atoms with Gasteiger partial charge in [-0.05, 0) is 32.9 Å². The van der Waals surface area contributed by atoms with Crippen LogP contribution in [-0.2, 0) is 16.1 Å². The Kier molecular flexibility index (Phi) is 5.11. The Hall–Kier alpha value is -1.82. The first-order valence-electron chi connectivity index (χ1n) is 6.02. The number of esters is 1. The number of nitrogens with one attached hydrogen (secondary N) is 1. The molecule has 0 saturated heterocycles. The molecular weight excluding hydrogens is 250 g/mol. The van der Waals surface area contributed by atoms with Gasteiger partial charge in [-0.3, -0.25) is 4.79 Å². The maximum Gasteiger partial charge on any atom is 0.371 e. The van der Waals surface area contributed by atoms with Crippen molar-refractivity contribution in [1.29, 1.82) is 0 Å². The van der Waals surface area contributed by atoms with Crippen molar-refractivity contribution in [1.82, 2.24) is 5.32 Å². The summed E-state index contributed by atoms with van der Waals surface area (Å²) in [6.45, 7) is 6.26. The van der Waals surface area contributed by atoms with Gasteiger partial charge in [-0.15, -0.1) is 0 Å². The first kappa shape index (κ1) is 15.2. The normalized spacial score (nSPS) is 11.3. The van der Waals surface area contributed by atoms with E-state index in [9.17, 15) is 9.59 Å². The van der Waals surface area contributed by atoms with Gasteiger partial charge in [0.2, 0.25) is 5.76 Å². The molecule has 0 amide bonds. The number of hydrogen-bond acceptors (Lipinski definition) is 5. The van der Waals surface area contributed by atoms with Crippen LogP contribution in [0.1, 0.15) is 43.5 Å². The minimum atomic E-state index is -1.10. The molecule has 19 heavy (non-hydrogen) atoms. The van der Waals surface area contributed by atoms with E-state index in [1.807, 2.05) is 20.8 Å². The summed E-state index contributed by atoms with van der Waals surface area (Å²) in [6, 6.07) is 2.98. The van der Waals surface area contributed by atoms with E-state index >= 15 is 0 Å². The number of ether oxygens (including phenoxy) is 1. The summed E-state index contributed by atoms with van der Waals surface area (Å²) in [4.78, 5) is 22.0. The van der Waals surface area contributed by atoms with E-state index in [2.05, 4.69) is 5.32 Å². The van der Waals surface area contributed by atoms with Crippen molar-refractivity contribution in [2.45, 2.75) is 39.3 Å². The molecule has 2 N–H and O–H groups in total. The molecule has 1 aromatic rings. The van der Waals surface area contributed by atoms with Gasteiger partial charge in [0.1, 0.15) is 11.4 Å². The van der Waals surface area contributed by atoms with Crippen molar-refractivity contribution in [3.05, 3.63) is 23.7 Å². The number of furan rings is 1. The van der Waals surface area contributed by atoms with Gasteiger partial charge in [-0.25, -0.2) is 4.79 Å². The third-order valence-corrected chi connectivity index (χ3v) is 2.10. The van der Waals surface area contributed by atoms with E-state index in [0.717, 1.165) is 0 Å². The summed E-state index contributed by atoms with van der Waals surface area (Å²) in [5.74, 6) is -0.948. The Morgan fingerprint density at radius 1 is 1.37 bits per heavy atom. The molecule has 106 valence electrons. The van der Waals surface area contributed by atoms with Crippen LogP contribution in [0.15, 0.2) is 16.5 Å². The Bertz CT molecular complexity index is 444. The van der Waals surface area contributed by atoms with E-state index < -0.39 is 11.6 Å². The monoisotopic (exact) mass is 269 g/mol. The maximum absolute atomic E-state index is 11.4. The number of hydrogen-bond donors (Lipinski definition) is 2. The van der Waals surface area contributed by atoms with Crippen LogP contribution in [0.5, 0.6) is 0 Å². The second kappa shape index (κ2) is 6.38. The molecule has 0 fully saturated rings. The molecule has 0 aliphatic heterocycles. The van der Waals surface area contributed by atoms with Crippen LogP contribution >= 0.6 is 0 Å². The van der Waals surface area contributed by atoms with Gasteiger partial charge in [-0.1, -0.05) is 0 Å². The van der Waals surface area contributed by atoms with E-state index in [1.165, 1.54) is 6.07 Å². The third-order valence-electron chi connectivity index (χ3n) is 2.10. The highest BCUT2D eigenvalue weighted by Gasteiger charge is 2.15. The van der Waals surface area contributed by atoms with Gasteiger partial charge in [0.05, 0.1) is 13.0 Å². The molecule has 0 unspecified atom stereocenters. The molecule has 0 radical (unpaired) electrons. The molecule has 0 bridgehead atoms. The van der Waals surface area contributed by atoms with Gasteiger partial charge >= 0.3 is 11.9 Å². The summed E-state index contributed by atoms with van der Waals surface area (Å²) in [5.41, 5.74) is -0.478. The number of aromatic carboxylic acids is 1. The summed E-state index contributed by atoms with van der Waals surface area (Å²) in [5, 5.41) is 11.7. The van der Waals surface area contributed by atoms with Crippen molar-refractivity contribution >= 4 is 11.9 Å². The minimum absolute atomic E-state index is 0.0936. The molecule has 0 aliphatic rings. The number of carboxylic acid groups (broad SMARTS) is 1. The van der Waals surface area contributed by atoms with Gasteiger partial charge in [-0.2, -0.15) is 0 Å². The van der Waals surface area contributed by atoms with Gasteiger partial charge in [0.25, 0.3) is 0 Å². The molecule has 0 aromatic carbocycles. The Labute approximate surface area is 111 Å². The molecule has 0 spiro atoms. The molecule has 0 aliphatic carbocycles. The van der Waals surface area contributed by atoms with Gasteiger partial charge in [0, 0.05) is 6.54 Å². The SMILES string of the molecule is CC(C)(C)OC(=O)CCNCc1ccc(C(=O)O)o1. The van der Waals surface area contributed by atoms with Crippen LogP contribution in [0.4, 0.5) is 0 Å². The van der Waals surface area contributed by atoms with Crippen LogP contribution < -0.4 is 5.32 Å². The molecule has 1 aromatic heterocycles. The summed E-state index contributed by atoms with van der Waals surface area (Å²) in [6.07, 6.45) is 0.254. The van der Waals surface area contributed by atoms with Crippen molar-refractivity contribution < 1.29 is 23.8 Å². The highest BCUT2D eigenvalue weighted by molar-refractivity contribution is 5.84. The first-order valence-corrected chi connectivity index (χ1v) is 6.02. The summed E-state index contributed by atoms with van der Waals surface area (Å²) in [7, 11) is 0. The molecule has 0 saturated carbocycles. The summed E-state index contributed by atoms with van der Waals surface area (Å²) >= 11 is 0. The Morgan fingerprint density at radius 3 is 2.58 bits per heavy atom. The number of carbonyl (C=O) groups excluding carboxylic acids is 1. The Morgan fingerprint density at radius 2 is 2.05 bits per heavy atom. The highest BCUT2D eigenvalue weighted by Crippen LogP contribution is 2.09. The van der Waals surface area contributed by atoms with E-state index in [-0.39, 0.29) is 18.2 Å². The molecule has 6 nitrogen and oxygen atoms in total. The maximum atomic E-state index is 11.4. The average Bonchev–Trinajstić information content (AvgIpc) is 2.70. The fourth-order valence-corrected chi connectivity index (χ4v) is 1.38. The lowest BCUT2D eigenvalue weighted by Crippen LogP contribution is -2.26. The second-order valence-electron chi connectivity index (χ2n) is 5.08. The van der Waals surface area contributed by atoms with E-state index in [4.69, 9.17) is 14.3 Å². The quantitative estimate of drug-likeness (QED) is 0.604. The molecule has 6 heteroatoms. The lowest BCUT2D eigenvalue weighted by atomic mass is 10.2. The molecule has 1 rings (SSSR count). The second-order valence-corrected chi connectivity index (χ2v) is 5.08. The van der Waals surface area contributed by atoms with Crippen LogP contribution in [-0.4, -0.2) is 29.2 Å². The van der Waals surface area contributed by atoms with Crippen molar-refractivity contribution in [3.8, 4) is 0 Å². The average molecular weight is 269 g/mol. The fraction of sp³-hybridized carbons (Fsp3) is 0.538. The Balaban J connectivity index is 2.23. The number of carbonyl (C=O) groups is 2. The van der Waals surface area contributed by atoms with Gasteiger partial charge in [0.15, 0.2) is 0 Å².